The van der Waals surface area contributed by atoms with Crippen LogP contribution < -0.4 is 5.32 Å². The summed E-state index contributed by atoms with van der Waals surface area (Å²) >= 11 is 0. The molecule has 2 saturated carbocycles. The average Bonchev–Trinajstić information content (AvgIpc) is 3.24. The maximum atomic E-state index is 15.6. The van der Waals surface area contributed by atoms with Crippen LogP contribution in [0.5, 0.6) is 0 Å². The minimum Gasteiger partial charge on any atom is -0.488 e. The van der Waals surface area contributed by atoms with Gasteiger partial charge in [0.15, 0.2) is 17.5 Å². The Morgan fingerprint density at radius 1 is 0.855 bits per heavy atom. The van der Waals surface area contributed by atoms with Gasteiger partial charge in [0.25, 0.3) is 0 Å². The number of aliphatic hydroxyl groups excluding tert-OH is 2. The fraction of sp³-hybridized carbons (Fsp3) is 0.429. The summed E-state index contributed by atoms with van der Waals surface area (Å²) in [6, 6.07) is 25.8. The van der Waals surface area contributed by atoms with Gasteiger partial charge in [-0.2, -0.15) is 0 Å². The number of rotatable bonds is 12. The normalized spacial score (nSPS) is 31.9. The lowest BCUT2D eigenvalue weighted by atomic mass is 9.44. The second-order valence-electron chi connectivity index (χ2n) is 17.7. The van der Waals surface area contributed by atoms with Gasteiger partial charge in [-0.3, -0.25) is 14.4 Å². The molecule has 1 unspecified atom stereocenters. The molecule has 4 aliphatic rings. The van der Waals surface area contributed by atoms with Crippen LogP contribution in [0, 0.1) is 16.7 Å². The van der Waals surface area contributed by atoms with Crippen LogP contribution in [-0.4, -0.2) is 93.4 Å². The molecule has 0 spiro atoms. The van der Waals surface area contributed by atoms with Crippen molar-refractivity contribution in [2.24, 2.45) is 16.7 Å². The van der Waals surface area contributed by atoms with Crippen LogP contribution in [0.15, 0.2) is 121 Å². The Labute approximate surface area is 361 Å². The molecular weight excluding hydrogens is 795 g/mol. The Morgan fingerprint density at radius 2 is 1.44 bits per heavy atom. The summed E-state index contributed by atoms with van der Waals surface area (Å²) in [6.45, 7) is 16.9. The Morgan fingerprint density at radius 3 is 1.98 bits per heavy atom. The first-order valence-corrected chi connectivity index (χ1v) is 20.8. The number of fused-ring (bicyclic) bond motifs is 5. The van der Waals surface area contributed by atoms with Gasteiger partial charge in [-0.15, -0.1) is 0 Å². The smallest absolute Gasteiger partial charge is 0.338 e. The highest BCUT2D eigenvalue weighted by atomic mass is 16.6. The molecule has 1 saturated heterocycles. The van der Waals surface area contributed by atoms with E-state index in [4.69, 9.17) is 23.7 Å². The summed E-state index contributed by atoms with van der Waals surface area (Å²) in [5.74, 6) is -4.76. The number of aliphatic hydroxyl groups is 3. The van der Waals surface area contributed by atoms with Gasteiger partial charge in [0.05, 0.1) is 35.6 Å². The van der Waals surface area contributed by atoms with Crippen molar-refractivity contribution in [3.63, 3.8) is 0 Å². The van der Waals surface area contributed by atoms with E-state index in [2.05, 4.69) is 18.5 Å². The zero-order valence-electron chi connectivity index (χ0n) is 35.8. The Bertz CT molecular complexity index is 2280. The predicted molar refractivity (Wildman–Crippen MR) is 227 cm³/mol. The van der Waals surface area contributed by atoms with Gasteiger partial charge < -0.3 is 44.3 Å². The van der Waals surface area contributed by atoms with Crippen molar-refractivity contribution in [3.05, 3.63) is 138 Å². The SMILES string of the molecule is C=C(N[C@@H](c1ccccc1)[C@@H](O)C(=C)O[C@H]1C[C@@]2(O)[C@@H](OC(=O)c3ccccc3)[C@@H]3C4(OC(C)=O)CO[C@@H]4C[C@H](O)[C@@]3(C)C(=O)[C@H](OC(C)=O)C(=C1C)C2(C)C)c1ccccc1. The third-order valence-electron chi connectivity index (χ3n) is 13.7. The fourth-order valence-corrected chi connectivity index (χ4v) is 10.4. The number of benzene rings is 3. The van der Waals surface area contributed by atoms with Crippen LogP contribution in [0.1, 0.15) is 81.9 Å². The van der Waals surface area contributed by atoms with Gasteiger partial charge >= 0.3 is 17.9 Å². The van der Waals surface area contributed by atoms with Gasteiger partial charge in [0.1, 0.15) is 35.8 Å². The van der Waals surface area contributed by atoms with Crippen molar-refractivity contribution in [2.75, 3.05) is 6.61 Å². The molecule has 3 aromatic carbocycles. The highest BCUT2D eigenvalue weighted by molar-refractivity contribution is 5.95. The second kappa shape index (κ2) is 16.6. The summed E-state index contributed by atoms with van der Waals surface area (Å²) in [5, 5.41) is 41.4. The van der Waals surface area contributed by atoms with Gasteiger partial charge in [-0.25, -0.2) is 4.79 Å². The number of hydrogen-bond donors (Lipinski definition) is 4. The average molecular weight is 850 g/mol. The fourth-order valence-electron chi connectivity index (χ4n) is 10.4. The van der Waals surface area contributed by atoms with E-state index in [0.29, 0.717) is 16.8 Å². The van der Waals surface area contributed by atoms with Crippen molar-refractivity contribution < 1.29 is 58.2 Å². The lowest BCUT2D eigenvalue weighted by Crippen LogP contribution is -2.82. The number of nitrogens with one attached hydrogen (secondary N) is 1. The first kappa shape index (κ1) is 44.5. The highest BCUT2D eigenvalue weighted by Gasteiger charge is 2.78. The van der Waals surface area contributed by atoms with E-state index in [9.17, 15) is 29.7 Å². The van der Waals surface area contributed by atoms with Gasteiger partial charge in [-0.05, 0) is 48.3 Å². The summed E-state index contributed by atoms with van der Waals surface area (Å²) < 4.78 is 31.1. The molecule has 328 valence electrons. The molecule has 62 heavy (non-hydrogen) atoms. The molecule has 3 aromatic rings. The zero-order chi connectivity index (χ0) is 44.9. The van der Waals surface area contributed by atoms with Crippen molar-refractivity contribution in [1.82, 2.24) is 5.32 Å². The van der Waals surface area contributed by atoms with Crippen LogP contribution >= 0.6 is 0 Å². The molecule has 13 nitrogen and oxygen atoms in total. The largest absolute Gasteiger partial charge is 0.488 e. The molecule has 0 amide bonds. The van der Waals surface area contributed by atoms with Crippen LogP contribution in [0.25, 0.3) is 5.70 Å². The Balaban J connectivity index is 1.39. The highest BCUT2D eigenvalue weighted by Crippen LogP contribution is 2.64. The van der Waals surface area contributed by atoms with E-state index in [1.165, 1.54) is 26.0 Å². The third-order valence-corrected chi connectivity index (χ3v) is 13.7. The maximum Gasteiger partial charge on any atom is 0.338 e. The van der Waals surface area contributed by atoms with Crippen molar-refractivity contribution >= 4 is 29.4 Å². The van der Waals surface area contributed by atoms with Gasteiger partial charge in [0.2, 0.25) is 0 Å². The molecule has 0 aromatic heterocycles. The van der Waals surface area contributed by atoms with Crippen molar-refractivity contribution in [1.29, 1.82) is 0 Å². The number of ketones is 1. The van der Waals surface area contributed by atoms with Crippen LogP contribution in [0.3, 0.4) is 0 Å². The van der Waals surface area contributed by atoms with E-state index in [-0.39, 0.29) is 36.3 Å². The van der Waals surface area contributed by atoms with Crippen LogP contribution in [-0.2, 0) is 38.1 Å². The monoisotopic (exact) mass is 849 g/mol. The van der Waals surface area contributed by atoms with Gasteiger partial charge in [-0.1, -0.05) is 106 Å². The number of esters is 3. The summed E-state index contributed by atoms with van der Waals surface area (Å²) in [5.41, 5.74) is -4.82. The lowest BCUT2D eigenvalue weighted by Gasteiger charge is -2.67. The molecule has 11 atom stereocenters. The number of ether oxygens (including phenoxy) is 5. The quantitative estimate of drug-likeness (QED) is 0.0770. The van der Waals surface area contributed by atoms with Crippen LogP contribution in [0.2, 0.25) is 0 Å². The molecule has 7 rings (SSSR count). The lowest BCUT2D eigenvalue weighted by molar-refractivity contribution is -0.346. The molecule has 0 radical (unpaired) electrons. The first-order valence-electron chi connectivity index (χ1n) is 20.8. The molecule has 3 fully saturated rings. The topological polar surface area (TPSA) is 187 Å². The van der Waals surface area contributed by atoms with Crippen molar-refractivity contribution in [3.8, 4) is 0 Å². The minimum atomic E-state index is -2.24. The van der Waals surface area contributed by atoms with Gasteiger partial charge in [0, 0.05) is 37.8 Å². The molecule has 2 bridgehead atoms. The first-order chi connectivity index (χ1) is 29.3. The molecule has 13 heteroatoms. The minimum absolute atomic E-state index is 0.120. The maximum absolute atomic E-state index is 15.6. The van der Waals surface area contributed by atoms with E-state index in [0.717, 1.165) is 12.5 Å². The van der Waals surface area contributed by atoms with E-state index in [1.807, 2.05) is 60.7 Å². The van der Waals surface area contributed by atoms with Crippen LogP contribution in [0.4, 0.5) is 0 Å². The molecule has 3 aliphatic carbocycles. The molecule has 4 N–H and O–H groups in total. The number of Topliss-reactive ketones (excluding diaryl/α,β-unsaturated/α-hetero) is 1. The summed E-state index contributed by atoms with van der Waals surface area (Å²) in [4.78, 5) is 55.9. The van der Waals surface area contributed by atoms with E-state index < -0.39 is 94.3 Å². The predicted octanol–water partition coefficient (Wildman–Crippen LogP) is 5.55. The van der Waals surface area contributed by atoms with E-state index >= 15 is 4.79 Å². The third kappa shape index (κ3) is 7.34. The number of carbonyl (C=O) groups is 4. The molecule has 1 heterocycles. The molecular formula is C49H55NO12. The zero-order valence-corrected chi connectivity index (χ0v) is 35.8. The summed E-state index contributed by atoms with van der Waals surface area (Å²) in [6.07, 6.45) is -8.98. The van der Waals surface area contributed by atoms with E-state index in [1.54, 1.807) is 39.0 Å². The molecule has 1 aliphatic heterocycles. The number of carbonyl (C=O) groups excluding carboxylic acids is 4. The number of hydrogen-bond acceptors (Lipinski definition) is 13. The Hall–Kier alpha value is -5.60. The Kier molecular flexibility index (Phi) is 11.9. The van der Waals surface area contributed by atoms with Crippen molar-refractivity contribution in [2.45, 2.75) is 108 Å². The standard InChI is InChI=1S/C49H55NO12/c1-27-35(59-29(3)40(54)39(33-20-14-10-15-21-33)50-28(2)32-18-12-9-13-19-32)25-49(57)44(61-45(56)34-22-16-11-17-23-34)42-47(8,36(53)24-37-48(42,26-58-37)62-31(5)52)43(55)41(60-30(4)51)38(27)46(49,6)7/h9-23,35-37,39-42,44,50,53-54,57H,2-3,24-26H2,1,4-8H3/t35-,36-,37+,39-,40-,41+,42-,44-,47+,48?,49+/m0/s1. The second-order valence-corrected chi connectivity index (χ2v) is 17.7. The summed E-state index contributed by atoms with van der Waals surface area (Å²) in [7, 11) is 0.